The molecular weight excluding hydrogens is 332 g/mol. The zero-order valence-electron chi connectivity index (χ0n) is 15.3. The lowest BCUT2D eigenvalue weighted by Gasteiger charge is -2.28. The summed E-state index contributed by atoms with van der Waals surface area (Å²) in [5.74, 6) is 0.600. The van der Waals surface area contributed by atoms with Gasteiger partial charge in [0.15, 0.2) is 0 Å². The predicted octanol–water partition coefficient (Wildman–Crippen LogP) is 2.93. The zero-order valence-corrected chi connectivity index (χ0v) is 15.3. The molecule has 1 aromatic carbocycles. The molecule has 0 radical (unpaired) electrons. The monoisotopic (exact) mass is 360 g/mol. The predicted molar refractivity (Wildman–Crippen MR) is 102 cm³/mol. The van der Waals surface area contributed by atoms with Gasteiger partial charge in [0.05, 0.1) is 12.7 Å². The van der Waals surface area contributed by atoms with Crippen LogP contribution in [0.2, 0.25) is 0 Å². The number of nitrogens with zero attached hydrogens (tertiary/aromatic N) is 1. The lowest BCUT2D eigenvalue weighted by molar-refractivity contribution is -0.00232. The van der Waals surface area contributed by atoms with E-state index < -0.39 is 0 Å². The summed E-state index contributed by atoms with van der Waals surface area (Å²) in [6.45, 7) is 4.50. The van der Waals surface area contributed by atoms with Gasteiger partial charge in [-0.1, -0.05) is 25.8 Å². The number of ether oxygens (including phenoxy) is 1. The summed E-state index contributed by atoms with van der Waals surface area (Å²) in [6, 6.07) is 6.90. The second kappa shape index (κ2) is 8.89. The third-order valence-electron chi connectivity index (χ3n) is 5.02. The molecule has 0 bridgehead atoms. The van der Waals surface area contributed by atoms with Gasteiger partial charge in [-0.25, -0.2) is 9.59 Å². The maximum absolute atomic E-state index is 12.1. The van der Waals surface area contributed by atoms with Gasteiger partial charge >= 0.3 is 12.1 Å². The van der Waals surface area contributed by atoms with Crippen LogP contribution in [0, 0.1) is 5.92 Å². The van der Waals surface area contributed by atoms with Crippen molar-refractivity contribution in [1.82, 2.24) is 10.6 Å². The fourth-order valence-electron chi connectivity index (χ4n) is 3.55. The highest BCUT2D eigenvalue weighted by molar-refractivity contribution is 5.95. The van der Waals surface area contributed by atoms with Crippen molar-refractivity contribution >= 4 is 23.4 Å². The molecule has 1 saturated carbocycles. The van der Waals surface area contributed by atoms with E-state index in [4.69, 9.17) is 4.74 Å². The first-order chi connectivity index (χ1) is 12.6. The van der Waals surface area contributed by atoms with Crippen LogP contribution in [0.4, 0.5) is 21.0 Å². The molecule has 3 rings (SSSR count). The molecule has 0 spiro atoms. The molecule has 1 saturated heterocycles. The van der Waals surface area contributed by atoms with Crippen molar-refractivity contribution in [2.75, 3.05) is 36.5 Å². The number of benzene rings is 1. The van der Waals surface area contributed by atoms with Gasteiger partial charge in [-0.05, 0) is 37.0 Å². The van der Waals surface area contributed by atoms with E-state index in [0.717, 1.165) is 12.1 Å². The van der Waals surface area contributed by atoms with Crippen LogP contribution < -0.4 is 20.9 Å². The highest BCUT2D eigenvalue weighted by atomic mass is 16.5. The average Bonchev–Trinajstić information content (AvgIpc) is 3.06. The Morgan fingerprint density at radius 3 is 2.96 bits per heavy atom. The highest BCUT2D eigenvalue weighted by Crippen LogP contribution is 2.26. The summed E-state index contributed by atoms with van der Waals surface area (Å²) in [5.41, 5.74) is 1.42. The number of hydrogen-bond acceptors (Lipinski definition) is 3. The summed E-state index contributed by atoms with van der Waals surface area (Å²) in [4.78, 5) is 25.4. The second-order valence-electron chi connectivity index (χ2n) is 6.99. The van der Waals surface area contributed by atoms with Crippen molar-refractivity contribution < 1.29 is 14.3 Å². The van der Waals surface area contributed by atoms with Gasteiger partial charge in [-0.3, -0.25) is 4.90 Å². The Morgan fingerprint density at radius 1 is 1.35 bits per heavy atom. The maximum atomic E-state index is 12.1. The molecule has 2 fully saturated rings. The van der Waals surface area contributed by atoms with Crippen LogP contribution >= 0.6 is 0 Å². The Kier molecular flexibility index (Phi) is 6.33. The topological polar surface area (TPSA) is 82.7 Å². The minimum absolute atomic E-state index is 0.110. The Bertz CT molecular complexity index is 637. The molecule has 1 heterocycles. The second-order valence-corrected chi connectivity index (χ2v) is 6.99. The number of rotatable bonds is 6. The van der Waals surface area contributed by atoms with Crippen LogP contribution in [0.3, 0.4) is 0 Å². The number of anilines is 2. The smallest absolute Gasteiger partial charge is 0.321 e. The van der Waals surface area contributed by atoms with Gasteiger partial charge in [-0.2, -0.15) is 0 Å². The van der Waals surface area contributed by atoms with Crippen molar-refractivity contribution in [3.8, 4) is 0 Å². The molecule has 1 aromatic rings. The molecule has 7 heteroatoms. The molecule has 26 heavy (non-hydrogen) atoms. The van der Waals surface area contributed by atoms with E-state index in [9.17, 15) is 9.59 Å². The van der Waals surface area contributed by atoms with Crippen LogP contribution in [0.1, 0.15) is 32.6 Å². The van der Waals surface area contributed by atoms with E-state index in [2.05, 4.69) is 22.9 Å². The molecule has 2 aliphatic rings. The van der Waals surface area contributed by atoms with E-state index in [1.54, 1.807) is 17.0 Å². The van der Waals surface area contributed by atoms with E-state index in [1.165, 1.54) is 19.3 Å². The highest BCUT2D eigenvalue weighted by Gasteiger charge is 2.22. The molecule has 1 aliphatic carbocycles. The molecule has 7 nitrogen and oxygen atoms in total. The lowest BCUT2D eigenvalue weighted by Crippen LogP contribution is -2.34. The Labute approximate surface area is 154 Å². The SMILES string of the molecule is C[C@H]1CCCC[C@H]1OCCNC(=O)Nc1cccc(N2CCNC2=O)c1. The largest absolute Gasteiger partial charge is 0.376 e. The van der Waals surface area contributed by atoms with Gasteiger partial charge in [-0.15, -0.1) is 0 Å². The Morgan fingerprint density at radius 2 is 2.19 bits per heavy atom. The third kappa shape index (κ3) is 4.88. The van der Waals surface area contributed by atoms with Gasteiger partial charge in [0.25, 0.3) is 0 Å². The van der Waals surface area contributed by atoms with Crippen LogP contribution in [-0.2, 0) is 4.74 Å². The number of carbonyl (C=O) groups excluding carboxylic acids is 2. The molecule has 0 aromatic heterocycles. The first kappa shape index (κ1) is 18.5. The summed E-state index contributed by atoms with van der Waals surface area (Å²) in [7, 11) is 0. The van der Waals surface area contributed by atoms with E-state index in [1.807, 2.05) is 12.1 Å². The Hall–Kier alpha value is -2.28. The molecule has 1 aliphatic heterocycles. The number of nitrogens with one attached hydrogen (secondary N) is 3. The fourth-order valence-corrected chi connectivity index (χ4v) is 3.55. The van der Waals surface area contributed by atoms with Gasteiger partial charge in [0, 0.05) is 31.0 Å². The van der Waals surface area contributed by atoms with E-state index >= 15 is 0 Å². The van der Waals surface area contributed by atoms with Crippen molar-refractivity contribution in [1.29, 1.82) is 0 Å². The number of amides is 4. The van der Waals surface area contributed by atoms with Crippen LogP contribution in [-0.4, -0.2) is 44.4 Å². The van der Waals surface area contributed by atoms with Gasteiger partial charge in [0.1, 0.15) is 0 Å². The standard InChI is InChI=1S/C19H28N4O3/c1-14-5-2-3-8-17(14)26-12-10-20-18(24)22-15-6-4-7-16(13-15)23-11-9-21-19(23)25/h4,6-7,13-14,17H,2-3,5,8-12H2,1H3,(H,21,25)(H2,20,22,24)/t14-,17+/m0/s1. The minimum Gasteiger partial charge on any atom is -0.376 e. The lowest BCUT2D eigenvalue weighted by atomic mass is 9.88. The van der Waals surface area contributed by atoms with Crippen LogP contribution in [0.25, 0.3) is 0 Å². The summed E-state index contributed by atoms with van der Waals surface area (Å²) in [6.07, 6.45) is 5.18. The van der Waals surface area contributed by atoms with Gasteiger partial charge in [0.2, 0.25) is 0 Å². The number of hydrogen-bond donors (Lipinski definition) is 3. The third-order valence-corrected chi connectivity index (χ3v) is 5.02. The van der Waals surface area contributed by atoms with Crippen molar-refractivity contribution in [2.45, 2.75) is 38.7 Å². The fraction of sp³-hybridized carbons (Fsp3) is 0.579. The first-order valence-corrected chi connectivity index (χ1v) is 9.45. The molecule has 142 valence electrons. The summed E-state index contributed by atoms with van der Waals surface area (Å²) >= 11 is 0. The quantitative estimate of drug-likeness (QED) is 0.682. The van der Waals surface area contributed by atoms with E-state index in [0.29, 0.717) is 44.0 Å². The van der Waals surface area contributed by atoms with Crippen molar-refractivity contribution in [2.24, 2.45) is 5.92 Å². The number of urea groups is 2. The molecular formula is C19H28N4O3. The Balaban J connectivity index is 1.41. The normalized spacial score (nSPS) is 22.8. The van der Waals surface area contributed by atoms with E-state index in [-0.39, 0.29) is 12.1 Å². The molecule has 2 atom stereocenters. The maximum Gasteiger partial charge on any atom is 0.321 e. The average molecular weight is 360 g/mol. The zero-order chi connectivity index (χ0) is 18.4. The van der Waals surface area contributed by atoms with Crippen LogP contribution in [0.5, 0.6) is 0 Å². The van der Waals surface area contributed by atoms with Crippen molar-refractivity contribution in [3.63, 3.8) is 0 Å². The number of carbonyl (C=O) groups is 2. The van der Waals surface area contributed by atoms with Crippen molar-refractivity contribution in [3.05, 3.63) is 24.3 Å². The summed E-state index contributed by atoms with van der Waals surface area (Å²) < 4.78 is 5.90. The minimum atomic E-state index is -0.270. The first-order valence-electron chi connectivity index (χ1n) is 9.45. The summed E-state index contributed by atoms with van der Waals surface area (Å²) in [5, 5.41) is 8.39. The molecule has 0 unspecified atom stereocenters. The molecule has 4 amide bonds. The van der Waals surface area contributed by atoms with Gasteiger partial charge < -0.3 is 20.7 Å². The molecule has 3 N–H and O–H groups in total. The van der Waals surface area contributed by atoms with Crippen LogP contribution in [0.15, 0.2) is 24.3 Å².